The highest BCUT2D eigenvalue weighted by molar-refractivity contribution is 7.80. The molecule has 30 heavy (non-hydrogen) atoms. The Kier molecular flexibility index (Phi) is 5.16. The number of carbonyl (C=O) groups excluding carboxylic acids is 1. The topological polar surface area (TPSA) is 84.7 Å². The van der Waals surface area contributed by atoms with Crippen LogP contribution in [0.15, 0.2) is 66.7 Å². The van der Waals surface area contributed by atoms with Gasteiger partial charge in [0.25, 0.3) is 5.69 Å². The SMILES string of the molecule is Cc1cc(N2CC(=O)NC2=S)cc(-c2ccc([N+](=O)[O-])cc2)c1Oc1ccccc1. The number of anilines is 1. The summed E-state index contributed by atoms with van der Waals surface area (Å²) in [5.74, 6) is 1.13. The minimum absolute atomic E-state index is 0.00710. The molecule has 0 bridgehead atoms. The zero-order valence-electron chi connectivity index (χ0n) is 16.0. The first-order chi connectivity index (χ1) is 14.4. The minimum atomic E-state index is -0.438. The Labute approximate surface area is 178 Å². The number of amides is 1. The molecule has 3 aromatic carbocycles. The molecule has 1 heterocycles. The van der Waals surface area contributed by atoms with Gasteiger partial charge in [0.15, 0.2) is 5.11 Å². The van der Waals surface area contributed by atoms with Crippen LogP contribution in [-0.4, -0.2) is 22.5 Å². The number of hydrogen-bond donors (Lipinski definition) is 1. The number of nitrogens with one attached hydrogen (secondary N) is 1. The number of hydrogen-bond acceptors (Lipinski definition) is 5. The molecule has 150 valence electrons. The average molecular weight is 419 g/mol. The Morgan fingerprint density at radius 3 is 2.40 bits per heavy atom. The van der Waals surface area contributed by atoms with E-state index in [0.717, 1.165) is 22.4 Å². The molecule has 7 nitrogen and oxygen atoms in total. The number of carbonyl (C=O) groups is 1. The monoisotopic (exact) mass is 419 g/mol. The van der Waals surface area contributed by atoms with Crippen LogP contribution in [0.1, 0.15) is 5.56 Å². The van der Waals surface area contributed by atoms with E-state index in [1.54, 1.807) is 17.0 Å². The summed E-state index contributed by atoms with van der Waals surface area (Å²) in [4.78, 5) is 24.1. The molecule has 0 spiro atoms. The van der Waals surface area contributed by atoms with Gasteiger partial charge < -0.3 is 15.0 Å². The highest BCUT2D eigenvalue weighted by Crippen LogP contribution is 2.40. The van der Waals surface area contributed by atoms with E-state index in [0.29, 0.717) is 16.6 Å². The Hall–Kier alpha value is -3.78. The van der Waals surface area contributed by atoms with E-state index in [1.165, 1.54) is 12.1 Å². The second-order valence-electron chi connectivity index (χ2n) is 6.80. The van der Waals surface area contributed by atoms with Gasteiger partial charge in [-0.2, -0.15) is 0 Å². The van der Waals surface area contributed by atoms with E-state index >= 15 is 0 Å². The van der Waals surface area contributed by atoms with Gasteiger partial charge in [0.1, 0.15) is 18.0 Å². The fourth-order valence-corrected chi connectivity index (χ4v) is 3.56. The van der Waals surface area contributed by atoms with Gasteiger partial charge in [-0.25, -0.2) is 0 Å². The zero-order chi connectivity index (χ0) is 21.3. The molecule has 4 rings (SSSR count). The predicted molar refractivity (Wildman–Crippen MR) is 118 cm³/mol. The quantitative estimate of drug-likeness (QED) is 0.370. The van der Waals surface area contributed by atoms with Crippen LogP contribution in [0.3, 0.4) is 0 Å². The number of thiocarbonyl (C=S) groups is 1. The second kappa shape index (κ2) is 7.92. The van der Waals surface area contributed by atoms with Gasteiger partial charge in [0.05, 0.1) is 4.92 Å². The summed E-state index contributed by atoms with van der Waals surface area (Å²) in [6, 6.07) is 19.4. The third kappa shape index (κ3) is 3.85. The van der Waals surface area contributed by atoms with Crippen molar-refractivity contribution in [2.24, 2.45) is 0 Å². The lowest BCUT2D eigenvalue weighted by Gasteiger charge is -2.21. The van der Waals surface area contributed by atoms with Crippen LogP contribution in [0.25, 0.3) is 11.1 Å². The summed E-state index contributed by atoms with van der Waals surface area (Å²) in [7, 11) is 0. The smallest absolute Gasteiger partial charge is 0.269 e. The normalized spacial score (nSPS) is 13.3. The maximum absolute atomic E-state index is 11.8. The summed E-state index contributed by atoms with van der Waals surface area (Å²) in [6.07, 6.45) is 0. The fraction of sp³-hybridized carbons (Fsp3) is 0.0909. The van der Waals surface area contributed by atoms with E-state index in [1.807, 2.05) is 49.4 Å². The number of para-hydroxylation sites is 1. The number of non-ortho nitro benzene ring substituents is 1. The largest absolute Gasteiger partial charge is 0.456 e. The molecule has 1 aliphatic rings. The molecule has 1 fully saturated rings. The van der Waals surface area contributed by atoms with Crippen molar-refractivity contribution in [1.82, 2.24) is 5.32 Å². The van der Waals surface area contributed by atoms with Gasteiger partial charge >= 0.3 is 0 Å². The molecule has 0 saturated carbocycles. The molecule has 3 aromatic rings. The van der Waals surface area contributed by atoms with Crippen molar-refractivity contribution >= 4 is 34.6 Å². The third-order valence-electron chi connectivity index (χ3n) is 4.72. The first-order valence-electron chi connectivity index (χ1n) is 9.16. The minimum Gasteiger partial charge on any atom is -0.456 e. The molecule has 1 aliphatic heterocycles. The van der Waals surface area contributed by atoms with Gasteiger partial charge in [-0.1, -0.05) is 18.2 Å². The van der Waals surface area contributed by atoms with Gasteiger partial charge in [0.2, 0.25) is 5.91 Å². The zero-order valence-corrected chi connectivity index (χ0v) is 16.8. The van der Waals surface area contributed by atoms with E-state index < -0.39 is 4.92 Å². The number of rotatable bonds is 5. The van der Waals surface area contributed by atoms with Crippen LogP contribution in [0.2, 0.25) is 0 Å². The fourth-order valence-electron chi connectivity index (χ4n) is 3.28. The van der Waals surface area contributed by atoms with Crippen molar-refractivity contribution in [2.75, 3.05) is 11.4 Å². The van der Waals surface area contributed by atoms with Crippen LogP contribution in [0, 0.1) is 17.0 Å². The lowest BCUT2D eigenvalue weighted by molar-refractivity contribution is -0.384. The number of nitro benzene ring substituents is 1. The van der Waals surface area contributed by atoms with Crippen molar-refractivity contribution in [3.8, 4) is 22.6 Å². The van der Waals surface area contributed by atoms with E-state index in [4.69, 9.17) is 17.0 Å². The highest BCUT2D eigenvalue weighted by Gasteiger charge is 2.26. The summed E-state index contributed by atoms with van der Waals surface area (Å²) in [5, 5.41) is 14.0. The lowest BCUT2D eigenvalue weighted by Crippen LogP contribution is -2.27. The van der Waals surface area contributed by atoms with E-state index in [9.17, 15) is 14.9 Å². The van der Waals surface area contributed by atoms with Crippen LogP contribution in [-0.2, 0) is 4.79 Å². The van der Waals surface area contributed by atoms with Gasteiger partial charge in [0, 0.05) is 23.4 Å². The average Bonchev–Trinajstić information content (AvgIpc) is 3.08. The van der Waals surface area contributed by atoms with Crippen molar-refractivity contribution in [1.29, 1.82) is 0 Å². The highest BCUT2D eigenvalue weighted by atomic mass is 32.1. The molecule has 1 saturated heterocycles. The Balaban J connectivity index is 1.83. The summed E-state index contributed by atoms with van der Waals surface area (Å²) in [5.41, 5.74) is 3.08. The standard InChI is InChI=1S/C22H17N3O4S/c1-14-11-17(24-13-20(26)23-22(24)30)12-19(15-7-9-16(10-8-15)25(27)28)21(14)29-18-5-3-2-4-6-18/h2-12H,13H2,1H3,(H,23,26,30). The predicted octanol–water partition coefficient (Wildman–Crippen LogP) is 4.58. The molecule has 0 radical (unpaired) electrons. The summed E-state index contributed by atoms with van der Waals surface area (Å²) >= 11 is 5.27. The molecule has 0 aliphatic carbocycles. The first kappa shape index (κ1) is 19.5. The van der Waals surface area contributed by atoms with Crippen molar-refractivity contribution in [3.63, 3.8) is 0 Å². The molecular formula is C22H17N3O4S. The third-order valence-corrected chi connectivity index (χ3v) is 5.04. The maximum Gasteiger partial charge on any atom is 0.269 e. The number of aryl methyl sites for hydroxylation is 1. The van der Waals surface area contributed by atoms with Crippen molar-refractivity contribution < 1.29 is 14.5 Å². The van der Waals surface area contributed by atoms with E-state index in [-0.39, 0.29) is 18.1 Å². The van der Waals surface area contributed by atoms with Crippen molar-refractivity contribution in [2.45, 2.75) is 6.92 Å². The van der Waals surface area contributed by atoms with Crippen molar-refractivity contribution in [3.05, 3.63) is 82.4 Å². The van der Waals surface area contributed by atoms with Crippen LogP contribution >= 0.6 is 12.2 Å². The number of nitro groups is 1. The van der Waals surface area contributed by atoms with Gasteiger partial charge in [-0.3, -0.25) is 14.9 Å². The molecule has 8 heteroatoms. The summed E-state index contributed by atoms with van der Waals surface area (Å²) in [6.45, 7) is 2.04. The second-order valence-corrected chi connectivity index (χ2v) is 7.18. The van der Waals surface area contributed by atoms with Crippen LogP contribution < -0.4 is 15.0 Å². The van der Waals surface area contributed by atoms with Gasteiger partial charge in [-0.05, 0) is 66.7 Å². The van der Waals surface area contributed by atoms with Crippen LogP contribution in [0.5, 0.6) is 11.5 Å². The molecule has 0 unspecified atom stereocenters. The molecule has 1 amide bonds. The Bertz CT molecular complexity index is 1150. The Morgan fingerprint density at radius 2 is 1.80 bits per heavy atom. The van der Waals surface area contributed by atoms with E-state index in [2.05, 4.69) is 5.32 Å². The number of nitrogens with zero attached hydrogens (tertiary/aromatic N) is 2. The molecular weight excluding hydrogens is 402 g/mol. The maximum atomic E-state index is 11.8. The molecule has 1 N–H and O–H groups in total. The number of benzene rings is 3. The lowest BCUT2D eigenvalue weighted by atomic mass is 10.00. The summed E-state index contributed by atoms with van der Waals surface area (Å²) < 4.78 is 6.17. The molecule has 0 aromatic heterocycles. The first-order valence-corrected chi connectivity index (χ1v) is 9.57. The molecule has 0 atom stereocenters. The number of ether oxygens (including phenoxy) is 1. The van der Waals surface area contributed by atoms with Gasteiger partial charge in [-0.15, -0.1) is 0 Å². The van der Waals surface area contributed by atoms with Crippen LogP contribution in [0.4, 0.5) is 11.4 Å². The Morgan fingerprint density at radius 1 is 1.10 bits per heavy atom.